The van der Waals surface area contributed by atoms with E-state index in [9.17, 15) is 19.3 Å². The molecule has 0 unspecified atom stereocenters. The standard InChI is InChI=1S/C13H7Cl2FN2O3/c14-7-3-8(15)5-9(4-7)17-13(19)11-6-10(18(20)21)1-2-12(11)16/h1-6H,(H,17,19). The van der Waals surface area contributed by atoms with Crippen LogP contribution in [0.5, 0.6) is 0 Å². The summed E-state index contributed by atoms with van der Waals surface area (Å²) in [6.07, 6.45) is 0. The van der Waals surface area contributed by atoms with Crippen molar-refractivity contribution in [2.45, 2.75) is 0 Å². The Morgan fingerprint density at radius 1 is 1.14 bits per heavy atom. The summed E-state index contributed by atoms with van der Waals surface area (Å²) >= 11 is 11.6. The van der Waals surface area contributed by atoms with Gasteiger partial charge in [-0.05, 0) is 24.3 Å². The maximum Gasteiger partial charge on any atom is 0.270 e. The number of non-ortho nitro benzene ring substituents is 1. The number of hydrogen-bond acceptors (Lipinski definition) is 3. The minimum absolute atomic E-state index is 0.253. The second-order valence-electron chi connectivity index (χ2n) is 4.03. The number of hydrogen-bond donors (Lipinski definition) is 1. The summed E-state index contributed by atoms with van der Waals surface area (Å²) in [5.74, 6) is -1.71. The van der Waals surface area contributed by atoms with Crippen LogP contribution in [0.4, 0.5) is 15.8 Å². The molecule has 0 aliphatic carbocycles. The lowest BCUT2D eigenvalue weighted by atomic mass is 10.1. The van der Waals surface area contributed by atoms with Gasteiger partial charge in [-0.1, -0.05) is 23.2 Å². The van der Waals surface area contributed by atoms with Crippen molar-refractivity contribution < 1.29 is 14.1 Å². The van der Waals surface area contributed by atoms with Gasteiger partial charge in [-0.2, -0.15) is 0 Å². The molecule has 2 aromatic carbocycles. The maximum atomic E-state index is 13.6. The van der Waals surface area contributed by atoms with Crippen LogP contribution in [0.3, 0.4) is 0 Å². The molecule has 1 amide bonds. The van der Waals surface area contributed by atoms with Crippen molar-refractivity contribution in [3.63, 3.8) is 0 Å². The van der Waals surface area contributed by atoms with E-state index in [1.807, 2.05) is 0 Å². The molecule has 0 aromatic heterocycles. The molecule has 21 heavy (non-hydrogen) atoms. The Morgan fingerprint density at radius 2 is 1.76 bits per heavy atom. The summed E-state index contributed by atoms with van der Waals surface area (Å²) in [7, 11) is 0. The molecule has 0 atom stereocenters. The number of anilines is 1. The smallest absolute Gasteiger partial charge is 0.270 e. The van der Waals surface area contributed by atoms with Crippen molar-refractivity contribution in [2.75, 3.05) is 5.32 Å². The van der Waals surface area contributed by atoms with Crippen LogP contribution in [-0.2, 0) is 0 Å². The predicted molar refractivity (Wildman–Crippen MR) is 77.5 cm³/mol. The predicted octanol–water partition coefficient (Wildman–Crippen LogP) is 4.29. The number of halogens is 3. The number of nitrogens with one attached hydrogen (secondary N) is 1. The second-order valence-corrected chi connectivity index (χ2v) is 4.91. The summed E-state index contributed by atoms with van der Waals surface area (Å²) in [4.78, 5) is 21.9. The summed E-state index contributed by atoms with van der Waals surface area (Å²) in [5.41, 5.74) is -0.575. The molecule has 2 rings (SSSR count). The number of nitrogens with zero attached hydrogens (tertiary/aromatic N) is 1. The van der Waals surface area contributed by atoms with Crippen molar-refractivity contribution in [3.05, 3.63) is 67.9 Å². The van der Waals surface area contributed by atoms with E-state index in [1.165, 1.54) is 18.2 Å². The van der Waals surface area contributed by atoms with Gasteiger partial charge in [0.05, 0.1) is 10.5 Å². The van der Waals surface area contributed by atoms with E-state index in [2.05, 4.69) is 5.32 Å². The topological polar surface area (TPSA) is 72.2 Å². The van der Waals surface area contributed by atoms with E-state index in [0.29, 0.717) is 0 Å². The van der Waals surface area contributed by atoms with Gasteiger partial charge in [0.25, 0.3) is 11.6 Å². The first kappa shape index (κ1) is 15.2. The van der Waals surface area contributed by atoms with Crippen molar-refractivity contribution in [1.29, 1.82) is 0 Å². The molecule has 5 nitrogen and oxygen atoms in total. The largest absolute Gasteiger partial charge is 0.322 e. The van der Waals surface area contributed by atoms with Gasteiger partial charge < -0.3 is 5.32 Å². The number of nitro groups is 1. The van der Waals surface area contributed by atoms with Gasteiger partial charge in [-0.3, -0.25) is 14.9 Å². The first-order valence-electron chi connectivity index (χ1n) is 5.58. The molecule has 0 aliphatic heterocycles. The van der Waals surface area contributed by atoms with Crippen LogP contribution in [-0.4, -0.2) is 10.8 Å². The van der Waals surface area contributed by atoms with Gasteiger partial charge in [0, 0.05) is 27.9 Å². The van der Waals surface area contributed by atoms with Crippen LogP contribution in [0.15, 0.2) is 36.4 Å². The molecule has 0 saturated heterocycles. The molecular weight excluding hydrogens is 322 g/mol. The Balaban J connectivity index is 2.31. The highest BCUT2D eigenvalue weighted by molar-refractivity contribution is 6.35. The van der Waals surface area contributed by atoms with Gasteiger partial charge in [-0.25, -0.2) is 4.39 Å². The first-order chi connectivity index (χ1) is 9.86. The number of benzene rings is 2. The molecular formula is C13H7Cl2FN2O3. The molecule has 0 fully saturated rings. The highest BCUT2D eigenvalue weighted by atomic mass is 35.5. The summed E-state index contributed by atoms with van der Waals surface area (Å²) < 4.78 is 13.6. The van der Waals surface area contributed by atoms with E-state index >= 15 is 0 Å². The number of amides is 1. The quantitative estimate of drug-likeness (QED) is 0.674. The van der Waals surface area contributed by atoms with Crippen LogP contribution in [0, 0.1) is 15.9 Å². The van der Waals surface area contributed by atoms with Crippen molar-refractivity contribution in [3.8, 4) is 0 Å². The minimum Gasteiger partial charge on any atom is -0.322 e. The summed E-state index contributed by atoms with van der Waals surface area (Å²) in [5, 5.41) is 13.6. The third kappa shape index (κ3) is 3.68. The van der Waals surface area contributed by atoms with E-state index < -0.39 is 22.2 Å². The number of carbonyl (C=O) groups excluding carboxylic acids is 1. The van der Waals surface area contributed by atoms with Crippen LogP contribution < -0.4 is 5.32 Å². The van der Waals surface area contributed by atoms with E-state index in [-0.39, 0.29) is 21.4 Å². The number of nitro benzene ring substituents is 1. The number of carbonyl (C=O) groups is 1. The molecule has 0 heterocycles. The molecule has 0 bridgehead atoms. The van der Waals surface area contributed by atoms with Crippen LogP contribution in [0.2, 0.25) is 10.0 Å². The zero-order chi connectivity index (χ0) is 15.6. The molecule has 0 spiro atoms. The lowest BCUT2D eigenvalue weighted by Gasteiger charge is -2.07. The van der Waals surface area contributed by atoms with E-state index in [4.69, 9.17) is 23.2 Å². The SMILES string of the molecule is O=C(Nc1cc(Cl)cc(Cl)c1)c1cc([N+](=O)[O-])ccc1F. The Labute approximate surface area is 128 Å². The highest BCUT2D eigenvalue weighted by Gasteiger charge is 2.17. The second kappa shape index (κ2) is 6.07. The molecule has 2 aromatic rings. The monoisotopic (exact) mass is 328 g/mol. The van der Waals surface area contributed by atoms with Crippen molar-refractivity contribution >= 4 is 40.5 Å². The molecule has 1 N–H and O–H groups in total. The fourth-order valence-corrected chi connectivity index (χ4v) is 2.15. The molecule has 0 saturated carbocycles. The molecule has 8 heteroatoms. The lowest BCUT2D eigenvalue weighted by Crippen LogP contribution is -2.14. The zero-order valence-electron chi connectivity index (χ0n) is 10.3. The number of rotatable bonds is 3. The molecule has 108 valence electrons. The Hall–Kier alpha value is -2.18. The lowest BCUT2D eigenvalue weighted by molar-refractivity contribution is -0.384. The van der Waals surface area contributed by atoms with Crippen LogP contribution >= 0.6 is 23.2 Å². The third-order valence-corrected chi connectivity index (χ3v) is 2.96. The first-order valence-corrected chi connectivity index (χ1v) is 6.34. The average molecular weight is 329 g/mol. The highest BCUT2D eigenvalue weighted by Crippen LogP contribution is 2.24. The van der Waals surface area contributed by atoms with Gasteiger partial charge in [-0.15, -0.1) is 0 Å². The van der Waals surface area contributed by atoms with E-state index in [0.717, 1.165) is 18.2 Å². The van der Waals surface area contributed by atoms with Gasteiger partial charge in [0.15, 0.2) is 0 Å². The molecule has 0 aliphatic rings. The Morgan fingerprint density at radius 3 is 2.33 bits per heavy atom. The maximum absolute atomic E-state index is 13.6. The van der Waals surface area contributed by atoms with Gasteiger partial charge in [0.1, 0.15) is 5.82 Å². The zero-order valence-corrected chi connectivity index (χ0v) is 11.8. The van der Waals surface area contributed by atoms with Crippen LogP contribution in [0.25, 0.3) is 0 Å². The van der Waals surface area contributed by atoms with Crippen molar-refractivity contribution in [2.24, 2.45) is 0 Å². The van der Waals surface area contributed by atoms with E-state index in [1.54, 1.807) is 0 Å². The third-order valence-electron chi connectivity index (χ3n) is 2.53. The van der Waals surface area contributed by atoms with Crippen molar-refractivity contribution in [1.82, 2.24) is 0 Å². The van der Waals surface area contributed by atoms with Crippen LogP contribution in [0.1, 0.15) is 10.4 Å². The fourth-order valence-electron chi connectivity index (χ4n) is 1.63. The van der Waals surface area contributed by atoms with Gasteiger partial charge in [0.2, 0.25) is 0 Å². The normalized spacial score (nSPS) is 10.2. The summed E-state index contributed by atoms with van der Waals surface area (Å²) in [6, 6.07) is 6.99. The Kier molecular flexibility index (Phi) is 4.40. The van der Waals surface area contributed by atoms with Gasteiger partial charge >= 0.3 is 0 Å². The minimum atomic E-state index is -0.869. The average Bonchev–Trinajstić information content (AvgIpc) is 2.37. The summed E-state index contributed by atoms with van der Waals surface area (Å²) in [6.45, 7) is 0. The molecule has 0 radical (unpaired) electrons. The Bertz CT molecular complexity index is 717. The fraction of sp³-hybridized carbons (Fsp3) is 0.